The Balaban J connectivity index is 1.34. The van der Waals surface area contributed by atoms with E-state index in [4.69, 9.17) is 11.6 Å². The lowest BCUT2D eigenvalue weighted by Crippen LogP contribution is -2.47. The molecule has 1 aromatic carbocycles. The number of benzene rings is 1. The van der Waals surface area contributed by atoms with Crippen LogP contribution in [-0.4, -0.2) is 53.4 Å². The van der Waals surface area contributed by atoms with Gasteiger partial charge < -0.3 is 16.0 Å². The summed E-state index contributed by atoms with van der Waals surface area (Å²) in [6, 6.07) is 3.71. The molecule has 1 saturated heterocycles. The van der Waals surface area contributed by atoms with Gasteiger partial charge >= 0.3 is 0 Å². The second-order valence-corrected chi connectivity index (χ2v) is 6.80. The number of nitrogens with two attached hydrogens (primary N) is 2. The number of halogens is 2. The maximum atomic E-state index is 14.0. The zero-order chi connectivity index (χ0) is 19.7. The molecule has 0 saturated carbocycles. The lowest BCUT2D eigenvalue weighted by atomic mass is 10.2. The zero-order valence-corrected chi connectivity index (χ0v) is 15.3. The number of hydrazine groups is 1. The molecule has 2 aromatic rings. The lowest BCUT2D eigenvalue weighted by molar-refractivity contribution is 0.244. The van der Waals surface area contributed by atoms with Gasteiger partial charge in [0.25, 0.3) is 0 Å². The maximum Gasteiger partial charge on any atom is 0.196 e. The molecule has 3 heterocycles. The highest BCUT2D eigenvalue weighted by Crippen LogP contribution is 2.27. The van der Waals surface area contributed by atoms with Gasteiger partial charge in [-0.05, 0) is 12.1 Å². The third-order valence-electron chi connectivity index (χ3n) is 5.09. The monoisotopic (exact) mass is 391 g/mol. The fraction of sp³-hybridized carbons (Fsp3) is 0.412. The van der Waals surface area contributed by atoms with Crippen molar-refractivity contribution in [2.24, 2.45) is 16.6 Å². The second kappa shape index (κ2) is 7.70. The summed E-state index contributed by atoms with van der Waals surface area (Å²) < 4.78 is 28.9. The number of nitrogens with zero attached hydrogens (tertiary/aromatic N) is 5. The summed E-state index contributed by atoms with van der Waals surface area (Å²) in [5, 5.41) is 7.44. The summed E-state index contributed by atoms with van der Waals surface area (Å²) >= 11 is 0. The standard InChI is InChI=1S/C17H23F2N9/c18-11-1-2-14(13(19)9-11)27-6-3-26(4-7-27)5-8-28-16-12(10-22-28)15(25-21)23-17(20)24-16/h1-2,9-10,15,25H,3-8,21H2,(H3,20,23,24). The quantitative estimate of drug-likeness (QED) is 0.425. The first-order chi connectivity index (χ1) is 13.5. The van der Waals surface area contributed by atoms with Crippen molar-refractivity contribution in [2.75, 3.05) is 42.9 Å². The first-order valence-electron chi connectivity index (χ1n) is 9.09. The SMILES string of the molecule is NNC1N=C(N)Nc2c1cnn2CCN1CCN(c2ccc(F)cc2F)CC1. The molecule has 2 aliphatic rings. The van der Waals surface area contributed by atoms with E-state index in [0.29, 0.717) is 25.3 Å². The molecule has 2 aliphatic heterocycles. The van der Waals surface area contributed by atoms with E-state index in [9.17, 15) is 8.78 Å². The van der Waals surface area contributed by atoms with Gasteiger partial charge in [-0.1, -0.05) is 0 Å². The van der Waals surface area contributed by atoms with Crippen molar-refractivity contribution in [3.05, 3.63) is 41.6 Å². The van der Waals surface area contributed by atoms with Crippen LogP contribution in [0, 0.1) is 11.6 Å². The van der Waals surface area contributed by atoms with Gasteiger partial charge in [-0.25, -0.2) is 23.9 Å². The first-order valence-corrected chi connectivity index (χ1v) is 9.09. The number of rotatable bonds is 5. The van der Waals surface area contributed by atoms with Crippen molar-refractivity contribution in [3.63, 3.8) is 0 Å². The largest absolute Gasteiger partial charge is 0.370 e. The molecule has 11 heteroatoms. The highest BCUT2D eigenvalue weighted by Gasteiger charge is 2.24. The Bertz CT molecular complexity index is 874. The van der Waals surface area contributed by atoms with Crippen molar-refractivity contribution in [1.29, 1.82) is 0 Å². The van der Waals surface area contributed by atoms with Crippen LogP contribution in [0.3, 0.4) is 0 Å². The van der Waals surface area contributed by atoms with E-state index in [0.717, 1.165) is 37.1 Å². The fourth-order valence-corrected chi connectivity index (χ4v) is 3.58. The van der Waals surface area contributed by atoms with Crippen molar-refractivity contribution < 1.29 is 8.78 Å². The van der Waals surface area contributed by atoms with Crippen molar-refractivity contribution in [3.8, 4) is 0 Å². The summed E-state index contributed by atoms with van der Waals surface area (Å²) in [4.78, 5) is 8.40. The third-order valence-corrected chi connectivity index (χ3v) is 5.09. The molecule has 0 bridgehead atoms. The van der Waals surface area contributed by atoms with Gasteiger partial charge in [0.15, 0.2) is 5.96 Å². The van der Waals surface area contributed by atoms with E-state index >= 15 is 0 Å². The van der Waals surface area contributed by atoms with Crippen LogP contribution >= 0.6 is 0 Å². The van der Waals surface area contributed by atoms with Crippen molar-refractivity contribution in [1.82, 2.24) is 20.1 Å². The van der Waals surface area contributed by atoms with Crippen LogP contribution in [0.4, 0.5) is 20.3 Å². The van der Waals surface area contributed by atoms with Gasteiger partial charge in [-0.3, -0.25) is 10.7 Å². The van der Waals surface area contributed by atoms with Crippen LogP contribution in [0.5, 0.6) is 0 Å². The number of anilines is 2. The summed E-state index contributed by atoms with van der Waals surface area (Å²) in [5.74, 6) is 5.50. The smallest absolute Gasteiger partial charge is 0.196 e. The number of aromatic nitrogens is 2. The number of fused-ring (bicyclic) bond motifs is 1. The van der Waals surface area contributed by atoms with Gasteiger partial charge in [-0.15, -0.1) is 0 Å². The van der Waals surface area contributed by atoms with Crippen LogP contribution in [0.15, 0.2) is 29.4 Å². The van der Waals surface area contributed by atoms with E-state index < -0.39 is 17.8 Å². The van der Waals surface area contributed by atoms with Crippen LogP contribution in [0.1, 0.15) is 11.7 Å². The summed E-state index contributed by atoms with van der Waals surface area (Å²) in [6.45, 7) is 4.37. The molecule has 0 radical (unpaired) electrons. The predicted molar refractivity (Wildman–Crippen MR) is 103 cm³/mol. The van der Waals surface area contributed by atoms with E-state index in [2.05, 4.69) is 25.7 Å². The minimum Gasteiger partial charge on any atom is -0.370 e. The average molecular weight is 391 g/mol. The molecule has 1 aromatic heterocycles. The van der Waals surface area contributed by atoms with Gasteiger partial charge in [0.1, 0.15) is 23.6 Å². The Morgan fingerprint density at radius 1 is 1.18 bits per heavy atom. The highest BCUT2D eigenvalue weighted by molar-refractivity contribution is 5.94. The Morgan fingerprint density at radius 3 is 2.68 bits per heavy atom. The maximum absolute atomic E-state index is 14.0. The lowest BCUT2D eigenvalue weighted by Gasteiger charge is -2.36. The molecule has 4 rings (SSSR count). The van der Waals surface area contributed by atoms with Gasteiger partial charge in [0, 0.05) is 38.8 Å². The number of nitrogens with one attached hydrogen (secondary N) is 2. The summed E-state index contributed by atoms with van der Waals surface area (Å²) in [7, 11) is 0. The molecule has 28 heavy (non-hydrogen) atoms. The van der Waals surface area contributed by atoms with E-state index in [-0.39, 0.29) is 5.96 Å². The second-order valence-electron chi connectivity index (χ2n) is 6.80. The molecular formula is C17H23F2N9. The normalized spacial score (nSPS) is 19.9. The highest BCUT2D eigenvalue weighted by atomic mass is 19.1. The van der Waals surface area contributed by atoms with E-state index in [1.165, 1.54) is 12.1 Å². The molecule has 0 aliphatic carbocycles. The van der Waals surface area contributed by atoms with E-state index in [1.54, 1.807) is 6.20 Å². The van der Waals surface area contributed by atoms with Crippen LogP contribution < -0.4 is 27.2 Å². The Labute approximate surface area is 160 Å². The number of hydrogen-bond donors (Lipinski definition) is 4. The molecular weight excluding hydrogens is 368 g/mol. The van der Waals surface area contributed by atoms with Crippen molar-refractivity contribution in [2.45, 2.75) is 12.7 Å². The Morgan fingerprint density at radius 2 is 1.96 bits per heavy atom. The number of hydrogen-bond acceptors (Lipinski definition) is 8. The predicted octanol–water partition coefficient (Wildman–Crippen LogP) is 0.186. The Hall–Kier alpha value is -2.76. The molecule has 150 valence electrons. The number of guanidine groups is 1. The van der Waals surface area contributed by atoms with Crippen LogP contribution in [0.2, 0.25) is 0 Å². The van der Waals surface area contributed by atoms with Crippen LogP contribution in [0.25, 0.3) is 0 Å². The average Bonchev–Trinajstić information content (AvgIpc) is 3.09. The zero-order valence-electron chi connectivity index (χ0n) is 15.3. The molecule has 1 unspecified atom stereocenters. The molecule has 1 fully saturated rings. The topological polar surface area (TPSA) is 113 Å². The molecule has 0 amide bonds. The molecule has 9 nitrogen and oxygen atoms in total. The van der Waals surface area contributed by atoms with Crippen LogP contribution in [-0.2, 0) is 6.54 Å². The van der Waals surface area contributed by atoms with Gasteiger partial charge in [-0.2, -0.15) is 5.10 Å². The third kappa shape index (κ3) is 3.63. The summed E-state index contributed by atoms with van der Waals surface area (Å²) in [5.41, 5.74) is 9.70. The Kier molecular flexibility index (Phi) is 5.11. The number of piperazine rings is 1. The van der Waals surface area contributed by atoms with Gasteiger partial charge in [0.05, 0.1) is 24.0 Å². The molecule has 6 N–H and O–H groups in total. The molecule has 1 atom stereocenters. The fourth-order valence-electron chi connectivity index (χ4n) is 3.58. The van der Waals surface area contributed by atoms with Gasteiger partial charge in [0.2, 0.25) is 0 Å². The minimum atomic E-state index is -0.561. The minimum absolute atomic E-state index is 0.284. The van der Waals surface area contributed by atoms with E-state index in [1.807, 2.05) is 9.58 Å². The summed E-state index contributed by atoms with van der Waals surface area (Å²) in [6.07, 6.45) is 1.30. The molecule has 0 spiro atoms. The van der Waals surface area contributed by atoms with Crippen molar-refractivity contribution >= 4 is 17.5 Å². The number of aliphatic imine (C=N–C) groups is 1. The first kappa shape index (κ1) is 18.6.